The first-order valence-electron chi connectivity index (χ1n) is 16.9. The molecule has 228 valence electrons. The molecule has 0 aromatic rings. The fourth-order valence-electron chi connectivity index (χ4n) is 5.98. The van der Waals surface area contributed by atoms with Crippen LogP contribution in [0, 0.1) is 11.8 Å². The number of nitrogens with zero attached hydrogens (tertiary/aromatic N) is 1. The van der Waals surface area contributed by atoms with Crippen molar-refractivity contribution in [1.82, 2.24) is 4.90 Å². The molecule has 1 aliphatic heterocycles. The van der Waals surface area contributed by atoms with Crippen LogP contribution < -0.4 is 0 Å². The summed E-state index contributed by atoms with van der Waals surface area (Å²) < 4.78 is 5.20. The van der Waals surface area contributed by atoms with Crippen molar-refractivity contribution >= 4 is 6.16 Å². The smallest absolute Gasteiger partial charge is 0.450 e. The van der Waals surface area contributed by atoms with E-state index in [-0.39, 0.29) is 6.10 Å². The van der Waals surface area contributed by atoms with Gasteiger partial charge in [-0.05, 0) is 89.6 Å². The van der Waals surface area contributed by atoms with Crippen LogP contribution in [0.3, 0.4) is 0 Å². The van der Waals surface area contributed by atoms with E-state index in [0.29, 0.717) is 0 Å². The highest BCUT2D eigenvalue weighted by atomic mass is 16.7. The van der Waals surface area contributed by atoms with Crippen LogP contribution in [0.4, 0.5) is 4.79 Å². The second kappa shape index (κ2) is 25.7. The van der Waals surface area contributed by atoms with Crippen LogP contribution in [0.15, 0.2) is 24.3 Å². The quantitative estimate of drug-likeness (QED) is 0.0664. The first kappa shape index (κ1) is 35.7. The van der Waals surface area contributed by atoms with Gasteiger partial charge in [-0.3, -0.25) is 0 Å². The third-order valence-corrected chi connectivity index (χ3v) is 8.66. The zero-order valence-electron chi connectivity index (χ0n) is 26.2. The molecule has 0 bridgehead atoms. The Balaban J connectivity index is 1.95. The Labute approximate surface area is 243 Å². The van der Waals surface area contributed by atoms with Crippen molar-refractivity contribution in [1.29, 1.82) is 0 Å². The zero-order chi connectivity index (χ0) is 28.4. The van der Waals surface area contributed by atoms with Gasteiger partial charge in [0.2, 0.25) is 0 Å². The molecule has 4 nitrogen and oxygen atoms in total. The van der Waals surface area contributed by atoms with Crippen molar-refractivity contribution in [3.8, 4) is 0 Å². The molecule has 39 heavy (non-hydrogen) atoms. The number of allylic oxidation sites excluding steroid dienone is 4. The van der Waals surface area contributed by atoms with Gasteiger partial charge in [0.15, 0.2) is 0 Å². The third-order valence-electron chi connectivity index (χ3n) is 8.66. The average molecular weight is 548 g/mol. The number of unbranched alkanes of at least 4 members (excludes halogenated alkanes) is 14. The second-order valence-corrected chi connectivity index (χ2v) is 12.4. The lowest BCUT2D eigenvalue weighted by Gasteiger charge is -2.19. The van der Waals surface area contributed by atoms with E-state index in [0.717, 1.165) is 43.9 Å². The summed E-state index contributed by atoms with van der Waals surface area (Å²) in [5.41, 5.74) is 0. The number of carboxylic acid groups (broad SMARTS) is 1. The SMILES string of the molecule is CCCCCC=CCC=CCCCCCCCC(CCCCCCCCCC(C)C1CCN(C)C1)OC(=O)O. The highest BCUT2D eigenvalue weighted by Crippen LogP contribution is 2.27. The Morgan fingerprint density at radius 3 is 1.82 bits per heavy atom. The molecule has 1 fully saturated rings. The van der Waals surface area contributed by atoms with Crippen molar-refractivity contribution in [3.05, 3.63) is 24.3 Å². The van der Waals surface area contributed by atoms with Crippen molar-refractivity contribution < 1.29 is 14.6 Å². The second-order valence-electron chi connectivity index (χ2n) is 12.4. The van der Waals surface area contributed by atoms with Gasteiger partial charge in [-0.15, -0.1) is 0 Å². The molecule has 1 heterocycles. The predicted molar refractivity (Wildman–Crippen MR) is 169 cm³/mol. The monoisotopic (exact) mass is 547 g/mol. The van der Waals surface area contributed by atoms with Gasteiger partial charge in [0.05, 0.1) is 0 Å². The van der Waals surface area contributed by atoms with E-state index >= 15 is 0 Å². The number of ether oxygens (including phenoxy) is 1. The third kappa shape index (κ3) is 22.1. The van der Waals surface area contributed by atoms with Crippen LogP contribution in [-0.2, 0) is 4.74 Å². The standard InChI is InChI=1S/C35H65NO3/c1-4-5-6-7-8-9-10-11-12-13-14-15-18-21-24-27-34(39-35(37)38)28-25-22-19-16-17-20-23-26-32(2)33-29-30-36(3)31-33/h8-9,11-12,32-34H,4-7,10,13-31H2,1-3H3,(H,37,38). The Bertz CT molecular complexity index is 617. The molecule has 1 N–H and O–H groups in total. The Kier molecular flexibility index (Phi) is 23.5. The lowest BCUT2D eigenvalue weighted by Crippen LogP contribution is -2.18. The van der Waals surface area contributed by atoms with Crippen LogP contribution in [0.1, 0.15) is 155 Å². The van der Waals surface area contributed by atoms with Crippen LogP contribution in [0.2, 0.25) is 0 Å². The van der Waals surface area contributed by atoms with E-state index in [1.807, 2.05) is 0 Å². The predicted octanol–water partition coefficient (Wildman–Crippen LogP) is 11.0. The molecule has 0 aliphatic carbocycles. The number of likely N-dealkylation sites (tertiary alicyclic amines) is 1. The van der Waals surface area contributed by atoms with Crippen molar-refractivity contribution in [2.45, 2.75) is 161 Å². The normalized spacial score (nSPS) is 17.9. The van der Waals surface area contributed by atoms with E-state index in [4.69, 9.17) is 9.84 Å². The molecule has 0 spiro atoms. The van der Waals surface area contributed by atoms with E-state index in [1.54, 1.807) is 0 Å². The lowest BCUT2D eigenvalue weighted by molar-refractivity contribution is 0.0422. The van der Waals surface area contributed by atoms with E-state index in [2.05, 4.69) is 50.1 Å². The molecular formula is C35H65NO3. The Morgan fingerprint density at radius 2 is 1.31 bits per heavy atom. The summed E-state index contributed by atoms with van der Waals surface area (Å²) in [4.78, 5) is 13.6. The van der Waals surface area contributed by atoms with Gasteiger partial charge in [-0.2, -0.15) is 0 Å². The number of rotatable bonds is 26. The van der Waals surface area contributed by atoms with Crippen molar-refractivity contribution in [2.24, 2.45) is 11.8 Å². The number of hydrogen-bond donors (Lipinski definition) is 1. The Morgan fingerprint density at radius 1 is 0.795 bits per heavy atom. The maximum Gasteiger partial charge on any atom is 0.506 e. The molecule has 3 atom stereocenters. The van der Waals surface area contributed by atoms with Crippen molar-refractivity contribution in [3.63, 3.8) is 0 Å². The summed E-state index contributed by atoms with van der Waals surface area (Å²) >= 11 is 0. The molecule has 1 aliphatic rings. The highest BCUT2D eigenvalue weighted by Gasteiger charge is 2.24. The number of carbonyl (C=O) groups is 1. The topological polar surface area (TPSA) is 49.8 Å². The fourth-order valence-corrected chi connectivity index (χ4v) is 5.98. The highest BCUT2D eigenvalue weighted by molar-refractivity contribution is 5.57. The summed E-state index contributed by atoms with van der Waals surface area (Å²) in [6.07, 6.45) is 34.9. The molecule has 0 aromatic heterocycles. The Hall–Kier alpha value is -1.29. The van der Waals surface area contributed by atoms with Gasteiger partial charge in [0.1, 0.15) is 6.10 Å². The summed E-state index contributed by atoms with van der Waals surface area (Å²) in [6, 6.07) is 0. The first-order chi connectivity index (χ1) is 19.0. The number of hydrogen-bond acceptors (Lipinski definition) is 3. The van der Waals surface area contributed by atoms with Gasteiger partial charge in [0, 0.05) is 6.54 Å². The van der Waals surface area contributed by atoms with Crippen LogP contribution in [-0.4, -0.2) is 42.4 Å². The first-order valence-corrected chi connectivity index (χ1v) is 16.9. The van der Waals surface area contributed by atoms with Crippen LogP contribution >= 0.6 is 0 Å². The maximum atomic E-state index is 11.1. The zero-order valence-corrected chi connectivity index (χ0v) is 26.2. The molecule has 3 unspecified atom stereocenters. The van der Waals surface area contributed by atoms with Gasteiger partial charge in [-0.25, -0.2) is 4.79 Å². The summed E-state index contributed by atoms with van der Waals surface area (Å²) in [5.74, 6) is 1.79. The van der Waals surface area contributed by atoms with Crippen LogP contribution in [0.25, 0.3) is 0 Å². The lowest BCUT2D eigenvalue weighted by atomic mass is 9.88. The van der Waals surface area contributed by atoms with Gasteiger partial charge in [-0.1, -0.05) is 115 Å². The molecular weight excluding hydrogens is 482 g/mol. The fraction of sp³-hybridized carbons (Fsp3) is 0.857. The minimum absolute atomic E-state index is 0.114. The molecule has 0 saturated carbocycles. The van der Waals surface area contributed by atoms with E-state index < -0.39 is 6.16 Å². The van der Waals surface area contributed by atoms with Gasteiger partial charge >= 0.3 is 6.16 Å². The molecule has 1 rings (SSSR count). The average Bonchev–Trinajstić information content (AvgIpc) is 3.35. The molecule has 0 amide bonds. The molecule has 0 aromatic carbocycles. The van der Waals surface area contributed by atoms with E-state index in [1.165, 1.54) is 122 Å². The van der Waals surface area contributed by atoms with Crippen molar-refractivity contribution in [2.75, 3.05) is 20.1 Å². The molecule has 0 radical (unpaired) electrons. The summed E-state index contributed by atoms with van der Waals surface area (Å²) in [5, 5.41) is 9.12. The van der Waals surface area contributed by atoms with Crippen LogP contribution in [0.5, 0.6) is 0 Å². The minimum atomic E-state index is -1.11. The largest absolute Gasteiger partial charge is 0.506 e. The van der Waals surface area contributed by atoms with Gasteiger partial charge < -0.3 is 14.7 Å². The molecule has 4 heteroatoms. The van der Waals surface area contributed by atoms with Gasteiger partial charge in [0.25, 0.3) is 0 Å². The summed E-state index contributed by atoms with van der Waals surface area (Å²) in [6.45, 7) is 7.28. The van der Waals surface area contributed by atoms with E-state index in [9.17, 15) is 4.79 Å². The maximum absolute atomic E-state index is 11.1. The molecule has 1 saturated heterocycles. The minimum Gasteiger partial charge on any atom is -0.450 e. The summed E-state index contributed by atoms with van der Waals surface area (Å²) in [7, 11) is 2.25.